The van der Waals surface area contributed by atoms with Crippen LogP contribution in [0.4, 0.5) is 5.69 Å². The number of nitrogen functional groups attached to an aromatic ring is 1. The van der Waals surface area contributed by atoms with Crippen LogP contribution in [-0.4, -0.2) is 9.97 Å². The van der Waals surface area contributed by atoms with Crippen molar-refractivity contribution < 1.29 is 4.74 Å². The van der Waals surface area contributed by atoms with Crippen molar-refractivity contribution >= 4 is 21.6 Å². The highest BCUT2D eigenvalue weighted by molar-refractivity contribution is 9.10. The van der Waals surface area contributed by atoms with E-state index in [1.54, 1.807) is 18.5 Å². The lowest BCUT2D eigenvalue weighted by Gasteiger charge is -2.07. The minimum Gasteiger partial charge on any atom is -0.422 e. The Labute approximate surface area is 102 Å². The second-order valence-electron chi connectivity index (χ2n) is 3.33. The summed E-state index contributed by atoms with van der Waals surface area (Å²) in [6, 6.07) is 5.84. The highest BCUT2D eigenvalue weighted by Gasteiger charge is 2.04. The van der Waals surface area contributed by atoms with Gasteiger partial charge in [-0.15, -0.1) is 0 Å². The molecule has 0 amide bonds. The van der Waals surface area contributed by atoms with Crippen LogP contribution in [0.25, 0.3) is 0 Å². The van der Waals surface area contributed by atoms with E-state index in [9.17, 15) is 0 Å². The monoisotopic (exact) mass is 279 g/mol. The van der Waals surface area contributed by atoms with Crippen LogP contribution in [0.1, 0.15) is 5.56 Å². The molecule has 0 radical (unpaired) electrons. The van der Waals surface area contributed by atoms with E-state index < -0.39 is 0 Å². The summed E-state index contributed by atoms with van der Waals surface area (Å²) in [5, 5.41) is 0. The maximum Gasteiger partial charge on any atom is 0.322 e. The molecule has 0 aliphatic rings. The van der Waals surface area contributed by atoms with E-state index in [2.05, 4.69) is 25.9 Å². The van der Waals surface area contributed by atoms with Crippen molar-refractivity contribution in [3.05, 3.63) is 40.6 Å². The van der Waals surface area contributed by atoms with E-state index >= 15 is 0 Å². The number of aryl methyl sites for hydroxylation is 1. The van der Waals surface area contributed by atoms with E-state index in [1.807, 2.05) is 19.1 Å². The molecule has 1 heterocycles. The van der Waals surface area contributed by atoms with Gasteiger partial charge in [-0.25, -0.2) is 9.97 Å². The number of anilines is 1. The first-order valence-corrected chi connectivity index (χ1v) is 5.46. The quantitative estimate of drug-likeness (QED) is 0.859. The van der Waals surface area contributed by atoms with Gasteiger partial charge in [0.1, 0.15) is 0 Å². The van der Waals surface area contributed by atoms with Crippen LogP contribution in [-0.2, 0) is 0 Å². The molecule has 1 aromatic carbocycles. The van der Waals surface area contributed by atoms with Crippen molar-refractivity contribution in [1.82, 2.24) is 9.97 Å². The zero-order valence-electron chi connectivity index (χ0n) is 8.64. The predicted molar refractivity (Wildman–Crippen MR) is 65.4 cm³/mol. The van der Waals surface area contributed by atoms with Crippen molar-refractivity contribution in [3.63, 3.8) is 0 Å². The number of benzene rings is 1. The number of aromatic nitrogens is 2. The van der Waals surface area contributed by atoms with Crippen molar-refractivity contribution in [1.29, 1.82) is 0 Å². The predicted octanol–water partition coefficient (Wildman–Crippen LogP) is 2.92. The lowest BCUT2D eigenvalue weighted by Crippen LogP contribution is -1.95. The summed E-state index contributed by atoms with van der Waals surface area (Å²) in [6.07, 6.45) is 3.24. The summed E-state index contributed by atoms with van der Waals surface area (Å²) in [4.78, 5) is 8.02. The minimum absolute atomic E-state index is 0.278. The Morgan fingerprint density at radius 3 is 2.62 bits per heavy atom. The lowest BCUT2D eigenvalue weighted by molar-refractivity contribution is 0.443. The largest absolute Gasteiger partial charge is 0.422 e. The average Bonchev–Trinajstić information content (AvgIpc) is 2.27. The van der Waals surface area contributed by atoms with Gasteiger partial charge in [-0.05, 0) is 40.5 Å². The maximum absolute atomic E-state index is 5.78. The molecule has 1 aromatic heterocycles. The van der Waals surface area contributed by atoms with E-state index in [-0.39, 0.29) is 6.01 Å². The molecule has 0 bridgehead atoms. The van der Waals surface area contributed by atoms with E-state index in [0.29, 0.717) is 11.4 Å². The average molecular weight is 280 g/mol. The van der Waals surface area contributed by atoms with Gasteiger partial charge >= 0.3 is 6.01 Å². The Morgan fingerprint density at radius 1 is 1.25 bits per heavy atom. The fourth-order valence-electron chi connectivity index (χ4n) is 1.18. The molecule has 0 atom stereocenters. The SMILES string of the molecule is Cc1ccc(N)c(Oc2ncc(Br)cn2)c1. The Kier molecular flexibility index (Phi) is 3.05. The molecule has 0 spiro atoms. The summed E-state index contributed by atoms with van der Waals surface area (Å²) >= 11 is 3.25. The third-order valence-corrected chi connectivity index (χ3v) is 2.38. The fraction of sp³-hybridized carbons (Fsp3) is 0.0909. The second-order valence-corrected chi connectivity index (χ2v) is 4.24. The molecule has 5 heteroatoms. The molecule has 0 aliphatic heterocycles. The minimum atomic E-state index is 0.278. The van der Waals surface area contributed by atoms with Crippen LogP contribution < -0.4 is 10.5 Å². The van der Waals surface area contributed by atoms with Crippen LogP contribution in [0.2, 0.25) is 0 Å². The Hall–Kier alpha value is -1.62. The van der Waals surface area contributed by atoms with Gasteiger partial charge in [0.05, 0.1) is 10.2 Å². The van der Waals surface area contributed by atoms with Crippen LogP contribution >= 0.6 is 15.9 Å². The van der Waals surface area contributed by atoms with E-state index in [0.717, 1.165) is 10.0 Å². The first-order valence-electron chi connectivity index (χ1n) is 4.66. The molecule has 0 saturated heterocycles. The number of ether oxygens (including phenoxy) is 1. The standard InChI is InChI=1S/C11H10BrN3O/c1-7-2-3-9(13)10(4-7)16-11-14-5-8(12)6-15-11/h2-6H,13H2,1H3. The third-order valence-electron chi connectivity index (χ3n) is 1.97. The highest BCUT2D eigenvalue weighted by atomic mass is 79.9. The third kappa shape index (κ3) is 2.49. The second kappa shape index (κ2) is 4.49. The lowest BCUT2D eigenvalue weighted by atomic mass is 10.2. The normalized spacial score (nSPS) is 10.1. The van der Waals surface area contributed by atoms with Gasteiger partial charge in [0.25, 0.3) is 0 Å². The van der Waals surface area contributed by atoms with Gasteiger partial charge in [0, 0.05) is 12.4 Å². The Morgan fingerprint density at radius 2 is 1.94 bits per heavy atom. The topological polar surface area (TPSA) is 61.0 Å². The summed E-state index contributed by atoms with van der Waals surface area (Å²) in [5.74, 6) is 0.572. The molecule has 2 rings (SSSR count). The number of hydrogen-bond donors (Lipinski definition) is 1. The van der Waals surface area contributed by atoms with Crippen LogP contribution in [0.15, 0.2) is 35.1 Å². The summed E-state index contributed by atoms with van der Waals surface area (Å²) in [7, 11) is 0. The number of nitrogens with zero attached hydrogens (tertiary/aromatic N) is 2. The maximum atomic E-state index is 5.78. The van der Waals surface area contributed by atoms with Gasteiger partial charge in [-0.2, -0.15) is 0 Å². The van der Waals surface area contributed by atoms with E-state index in [4.69, 9.17) is 10.5 Å². The first kappa shape index (κ1) is 10.9. The van der Waals surface area contributed by atoms with Crippen LogP contribution in [0.5, 0.6) is 11.8 Å². The van der Waals surface area contributed by atoms with Gasteiger partial charge in [0.2, 0.25) is 0 Å². The first-order chi connectivity index (χ1) is 7.65. The van der Waals surface area contributed by atoms with Crippen molar-refractivity contribution in [3.8, 4) is 11.8 Å². The zero-order valence-corrected chi connectivity index (χ0v) is 10.2. The molecule has 0 aliphatic carbocycles. The fourth-order valence-corrected chi connectivity index (χ4v) is 1.39. The summed E-state index contributed by atoms with van der Waals surface area (Å²) < 4.78 is 6.28. The molecule has 4 nitrogen and oxygen atoms in total. The van der Waals surface area contributed by atoms with Crippen molar-refractivity contribution in [2.75, 3.05) is 5.73 Å². The molecule has 0 fully saturated rings. The number of nitrogens with two attached hydrogens (primary N) is 1. The molecule has 82 valence electrons. The van der Waals surface area contributed by atoms with Gasteiger partial charge in [0.15, 0.2) is 5.75 Å². The number of rotatable bonds is 2. The molecular weight excluding hydrogens is 270 g/mol. The summed E-state index contributed by atoms with van der Waals surface area (Å²) in [5.41, 5.74) is 7.41. The van der Waals surface area contributed by atoms with Gasteiger partial charge in [-0.3, -0.25) is 0 Å². The van der Waals surface area contributed by atoms with Crippen molar-refractivity contribution in [2.45, 2.75) is 6.92 Å². The number of halogens is 1. The number of hydrogen-bond acceptors (Lipinski definition) is 4. The van der Waals surface area contributed by atoms with E-state index in [1.165, 1.54) is 0 Å². The highest BCUT2D eigenvalue weighted by Crippen LogP contribution is 2.26. The van der Waals surface area contributed by atoms with Crippen LogP contribution in [0.3, 0.4) is 0 Å². The zero-order chi connectivity index (χ0) is 11.5. The Balaban J connectivity index is 2.26. The molecule has 2 N–H and O–H groups in total. The Bertz CT molecular complexity index is 499. The smallest absolute Gasteiger partial charge is 0.322 e. The molecule has 0 saturated carbocycles. The van der Waals surface area contributed by atoms with Gasteiger partial charge in [-0.1, -0.05) is 6.07 Å². The van der Waals surface area contributed by atoms with Crippen LogP contribution in [0, 0.1) is 6.92 Å². The molecule has 0 unspecified atom stereocenters. The molecular formula is C11H10BrN3O. The van der Waals surface area contributed by atoms with Gasteiger partial charge < -0.3 is 10.5 Å². The van der Waals surface area contributed by atoms with Crippen molar-refractivity contribution in [2.24, 2.45) is 0 Å². The molecule has 16 heavy (non-hydrogen) atoms. The molecule has 2 aromatic rings. The summed E-state index contributed by atoms with van der Waals surface area (Å²) in [6.45, 7) is 1.97.